The number of hydrogen-bond acceptors (Lipinski definition) is 5. The summed E-state index contributed by atoms with van der Waals surface area (Å²) >= 11 is 0. The number of hydrogen-bond donors (Lipinski definition) is 1. The standard InChI is InChI=1S/C20H23N3O2/c1-13(2)24-20-18(21-11-16-8-6-5-7-9-16)10-17(12-22-20)19-14(3)23-25-15(19)4/h5-10,12-13,21H,11H2,1-4H3. The molecule has 1 N–H and O–H groups in total. The van der Waals surface area contributed by atoms with Crippen molar-refractivity contribution in [1.29, 1.82) is 0 Å². The third-order valence-corrected chi connectivity index (χ3v) is 3.85. The van der Waals surface area contributed by atoms with E-state index < -0.39 is 0 Å². The first-order valence-electron chi connectivity index (χ1n) is 8.42. The molecule has 5 nitrogen and oxygen atoms in total. The van der Waals surface area contributed by atoms with Crippen molar-refractivity contribution in [2.75, 3.05) is 5.32 Å². The molecule has 0 atom stereocenters. The van der Waals surface area contributed by atoms with E-state index in [1.54, 1.807) is 6.20 Å². The Labute approximate surface area is 148 Å². The summed E-state index contributed by atoms with van der Waals surface area (Å²) in [5, 5.41) is 7.47. The highest BCUT2D eigenvalue weighted by Crippen LogP contribution is 2.32. The Balaban J connectivity index is 1.93. The van der Waals surface area contributed by atoms with Crippen molar-refractivity contribution >= 4 is 5.69 Å². The largest absolute Gasteiger partial charge is 0.473 e. The van der Waals surface area contributed by atoms with Crippen LogP contribution in [0.15, 0.2) is 47.1 Å². The number of anilines is 1. The molecular formula is C20H23N3O2. The van der Waals surface area contributed by atoms with Gasteiger partial charge in [-0.1, -0.05) is 35.5 Å². The number of nitrogens with zero attached hydrogens (tertiary/aromatic N) is 2. The molecule has 1 aromatic carbocycles. The van der Waals surface area contributed by atoms with Crippen molar-refractivity contribution in [3.63, 3.8) is 0 Å². The van der Waals surface area contributed by atoms with Crippen LogP contribution in [0.1, 0.15) is 30.9 Å². The van der Waals surface area contributed by atoms with Gasteiger partial charge in [-0.2, -0.15) is 0 Å². The first-order valence-corrected chi connectivity index (χ1v) is 8.42. The van der Waals surface area contributed by atoms with Crippen LogP contribution >= 0.6 is 0 Å². The summed E-state index contributed by atoms with van der Waals surface area (Å²) in [6.45, 7) is 8.52. The SMILES string of the molecule is Cc1noc(C)c1-c1cnc(OC(C)C)c(NCc2ccccc2)c1. The van der Waals surface area contributed by atoms with Gasteiger partial charge in [0.2, 0.25) is 5.88 Å². The molecule has 0 radical (unpaired) electrons. The smallest absolute Gasteiger partial charge is 0.237 e. The van der Waals surface area contributed by atoms with Crippen LogP contribution in [-0.2, 0) is 6.54 Å². The summed E-state index contributed by atoms with van der Waals surface area (Å²) in [5.41, 5.74) is 4.84. The number of nitrogens with one attached hydrogen (secondary N) is 1. The Hall–Kier alpha value is -2.82. The summed E-state index contributed by atoms with van der Waals surface area (Å²) in [5.74, 6) is 1.38. The van der Waals surface area contributed by atoms with E-state index in [1.807, 2.05) is 52.0 Å². The van der Waals surface area contributed by atoms with Crippen LogP contribution in [0.4, 0.5) is 5.69 Å². The number of benzene rings is 1. The molecule has 0 aliphatic carbocycles. The molecule has 0 amide bonds. The molecule has 2 aromatic heterocycles. The van der Waals surface area contributed by atoms with E-state index in [0.717, 1.165) is 28.3 Å². The predicted molar refractivity (Wildman–Crippen MR) is 98.7 cm³/mol. The van der Waals surface area contributed by atoms with Gasteiger partial charge in [-0.25, -0.2) is 4.98 Å². The van der Waals surface area contributed by atoms with Crippen molar-refractivity contribution in [3.8, 4) is 17.0 Å². The van der Waals surface area contributed by atoms with Gasteiger partial charge in [0.05, 0.1) is 17.5 Å². The van der Waals surface area contributed by atoms with Crippen molar-refractivity contribution in [2.45, 2.75) is 40.3 Å². The van der Waals surface area contributed by atoms with Crippen molar-refractivity contribution in [2.24, 2.45) is 0 Å². The van der Waals surface area contributed by atoms with Crippen LogP contribution in [0, 0.1) is 13.8 Å². The molecule has 25 heavy (non-hydrogen) atoms. The Morgan fingerprint density at radius 3 is 2.56 bits per heavy atom. The quantitative estimate of drug-likeness (QED) is 0.703. The average Bonchev–Trinajstić information content (AvgIpc) is 2.93. The van der Waals surface area contributed by atoms with Crippen LogP contribution in [0.3, 0.4) is 0 Å². The van der Waals surface area contributed by atoms with Crippen LogP contribution in [0.2, 0.25) is 0 Å². The highest BCUT2D eigenvalue weighted by atomic mass is 16.5. The second-order valence-electron chi connectivity index (χ2n) is 6.28. The van der Waals surface area contributed by atoms with Crippen LogP contribution < -0.4 is 10.1 Å². The maximum atomic E-state index is 5.85. The van der Waals surface area contributed by atoms with E-state index in [4.69, 9.17) is 9.26 Å². The molecule has 2 heterocycles. The average molecular weight is 337 g/mol. The topological polar surface area (TPSA) is 60.2 Å². The lowest BCUT2D eigenvalue weighted by molar-refractivity contribution is 0.234. The summed E-state index contributed by atoms with van der Waals surface area (Å²) < 4.78 is 11.1. The Morgan fingerprint density at radius 1 is 1.16 bits per heavy atom. The lowest BCUT2D eigenvalue weighted by atomic mass is 10.1. The Kier molecular flexibility index (Phi) is 5.03. The normalized spacial score (nSPS) is 10.9. The van der Waals surface area contributed by atoms with Gasteiger partial charge in [-0.15, -0.1) is 0 Å². The number of ether oxygens (including phenoxy) is 1. The van der Waals surface area contributed by atoms with Crippen LogP contribution in [-0.4, -0.2) is 16.2 Å². The second kappa shape index (κ2) is 7.38. The van der Waals surface area contributed by atoms with Gasteiger partial charge >= 0.3 is 0 Å². The maximum absolute atomic E-state index is 5.85. The number of pyridine rings is 1. The molecule has 0 aliphatic rings. The lowest BCUT2D eigenvalue weighted by Gasteiger charge is -2.16. The van der Waals surface area contributed by atoms with Crippen molar-refractivity contribution < 1.29 is 9.26 Å². The number of aromatic nitrogens is 2. The highest BCUT2D eigenvalue weighted by molar-refractivity contribution is 5.72. The first-order chi connectivity index (χ1) is 12.0. The van der Waals surface area contributed by atoms with Crippen molar-refractivity contribution in [1.82, 2.24) is 10.1 Å². The summed E-state index contributed by atoms with van der Waals surface area (Å²) in [4.78, 5) is 4.52. The Morgan fingerprint density at radius 2 is 1.92 bits per heavy atom. The summed E-state index contributed by atoms with van der Waals surface area (Å²) in [6.07, 6.45) is 1.85. The fraction of sp³-hybridized carbons (Fsp3) is 0.300. The van der Waals surface area contributed by atoms with Gasteiger partial charge in [-0.05, 0) is 39.3 Å². The fourth-order valence-corrected chi connectivity index (χ4v) is 2.72. The lowest BCUT2D eigenvalue weighted by Crippen LogP contribution is -2.10. The fourth-order valence-electron chi connectivity index (χ4n) is 2.72. The maximum Gasteiger partial charge on any atom is 0.237 e. The van der Waals surface area contributed by atoms with E-state index in [9.17, 15) is 0 Å². The van der Waals surface area contributed by atoms with Gasteiger partial charge in [0.25, 0.3) is 0 Å². The highest BCUT2D eigenvalue weighted by Gasteiger charge is 2.15. The molecule has 0 fully saturated rings. The summed E-state index contributed by atoms with van der Waals surface area (Å²) in [7, 11) is 0. The first kappa shape index (κ1) is 17.0. The molecule has 0 saturated heterocycles. The molecule has 0 saturated carbocycles. The summed E-state index contributed by atoms with van der Waals surface area (Å²) in [6, 6.07) is 12.3. The Bertz CT molecular complexity index is 822. The van der Waals surface area contributed by atoms with E-state index in [-0.39, 0.29) is 6.10 Å². The third kappa shape index (κ3) is 3.99. The van der Waals surface area contributed by atoms with Crippen LogP contribution in [0.25, 0.3) is 11.1 Å². The van der Waals surface area contributed by atoms with Gasteiger partial charge in [0.1, 0.15) is 5.76 Å². The molecule has 0 bridgehead atoms. The predicted octanol–water partition coefficient (Wildman–Crippen LogP) is 4.75. The van der Waals surface area contributed by atoms with E-state index in [2.05, 4.69) is 27.6 Å². The molecule has 130 valence electrons. The third-order valence-electron chi connectivity index (χ3n) is 3.85. The van der Waals surface area contributed by atoms with E-state index in [0.29, 0.717) is 12.4 Å². The van der Waals surface area contributed by atoms with Gasteiger partial charge in [0, 0.05) is 23.9 Å². The van der Waals surface area contributed by atoms with Gasteiger partial charge in [0.15, 0.2) is 0 Å². The minimum Gasteiger partial charge on any atom is -0.473 e. The number of aryl methyl sites for hydroxylation is 2. The monoisotopic (exact) mass is 337 g/mol. The minimum absolute atomic E-state index is 0.0506. The molecule has 0 unspecified atom stereocenters. The van der Waals surface area contributed by atoms with Gasteiger partial charge < -0.3 is 14.6 Å². The minimum atomic E-state index is 0.0506. The zero-order valence-corrected chi connectivity index (χ0v) is 15.0. The molecular weight excluding hydrogens is 314 g/mol. The zero-order chi connectivity index (χ0) is 17.8. The van der Waals surface area contributed by atoms with Gasteiger partial charge in [-0.3, -0.25) is 0 Å². The molecule has 0 aliphatic heterocycles. The molecule has 0 spiro atoms. The van der Waals surface area contributed by atoms with E-state index in [1.165, 1.54) is 5.56 Å². The van der Waals surface area contributed by atoms with E-state index >= 15 is 0 Å². The molecule has 5 heteroatoms. The molecule has 3 rings (SSSR count). The van der Waals surface area contributed by atoms with Crippen molar-refractivity contribution in [3.05, 3.63) is 59.6 Å². The zero-order valence-electron chi connectivity index (χ0n) is 15.0. The second-order valence-corrected chi connectivity index (χ2v) is 6.28. The number of rotatable bonds is 6. The molecule has 3 aromatic rings. The van der Waals surface area contributed by atoms with Crippen LogP contribution in [0.5, 0.6) is 5.88 Å².